The molecule has 0 aliphatic carbocycles. The van der Waals surface area contributed by atoms with Crippen LogP contribution in [0.15, 0.2) is 41.0 Å². The van der Waals surface area contributed by atoms with E-state index in [1.165, 1.54) is 0 Å². The second-order valence-electron chi connectivity index (χ2n) is 3.81. The van der Waals surface area contributed by atoms with Gasteiger partial charge in [0.2, 0.25) is 0 Å². The third-order valence-electron chi connectivity index (χ3n) is 2.34. The van der Waals surface area contributed by atoms with Gasteiger partial charge in [-0.1, -0.05) is 6.07 Å². The number of hydrogen-bond donors (Lipinski definition) is 1. The molecule has 0 aromatic carbocycles. The summed E-state index contributed by atoms with van der Waals surface area (Å²) < 4.78 is 0.915. The van der Waals surface area contributed by atoms with Gasteiger partial charge in [-0.05, 0) is 47.1 Å². The number of carbonyl (C=O) groups excluding carboxylic acids is 1. The monoisotopic (exact) mass is 305 g/mol. The van der Waals surface area contributed by atoms with E-state index in [-0.39, 0.29) is 5.91 Å². The van der Waals surface area contributed by atoms with Crippen LogP contribution in [0.4, 0.5) is 0 Å². The maximum atomic E-state index is 11.8. The molecule has 0 radical (unpaired) electrons. The van der Waals surface area contributed by atoms with Gasteiger partial charge < -0.3 is 5.32 Å². The van der Waals surface area contributed by atoms with E-state index in [0.29, 0.717) is 12.2 Å². The highest BCUT2D eigenvalue weighted by Gasteiger charge is 2.06. The van der Waals surface area contributed by atoms with Crippen LogP contribution >= 0.6 is 15.9 Å². The molecule has 2 rings (SSSR count). The fraction of sp³-hybridized carbons (Fsp3) is 0.154. The van der Waals surface area contributed by atoms with Gasteiger partial charge in [0.05, 0.1) is 12.2 Å². The highest BCUT2D eigenvalue weighted by atomic mass is 79.9. The van der Waals surface area contributed by atoms with Crippen LogP contribution in [-0.2, 0) is 6.54 Å². The van der Waals surface area contributed by atoms with Crippen molar-refractivity contribution >= 4 is 21.8 Å². The Balaban J connectivity index is 1.98. The van der Waals surface area contributed by atoms with Crippen LogP contribution < -0.4 is 5.32 Å². The Morgan fingerprint density at radius 2 is 2.17 bits per heavy atom. The number of aryl methyl sites for hydroxylation is 1. The van der Waals surface area contributed by atoms with Gasteiger partial charge >= 0.3 is 0 Å². The minimum Gasteiger partial charge on any atom is -0.345 e. The Morgan fingerprint density at radius 3 is 2.83 bits per heavy atom. The Hall–Kier alpha value is -1.75. The number of aromatic nitrogens is 2. The van der Waals surface area contributed by atoms with Crippen molar-refractivity contribution in [1.29, 1.82) is 0 Å². The standard InChI is InChI=1S/C13H12BrN3O/c1-9-3-2-4-12(17-9)13(18)16-8-11-6-5-10(14)7-15-11/h2-7H,8H2,1H3,(H,16,18). The number of hydrogen-bond acceptors (Lipinski definition) is 3. The summed E-state index contributed by atoms with van der Waals surface area (Å²) in [5.74, 6) is -0.191. The zero-order valence-corrected chi connectivity index (χ0v) is 11.4. The average Bonchev–Trinajstić information content (AvgIpc) is 2.38. The van der Waals surface area contributed by atoms with E-state index >= 15 is 0 Å². The summed E-state index contributed by atoms with van der Waals surface area (Å²) in [4.78, 5) is 20.2. The van der Waals surface area contributed by atoms with Crippen molar-refractivity contribution in [2.45, 2.75) is 13.5 Å². The van der Waals surface area contributed by atoms with Crippen LogP contribution in [0.25, 0.3) is 0 Å². The molecular formula is C13H12BrN3O. The molecule has 92 valence electrons. The topological polar surface area (TPSA) is 54.9 Å². The Morgan fingerprint density at radius 1 is 1.33 bits per heavy atom. The van der Waals surface area contributed by atoms with Crippen LogP contribution in [0.2, 0.25) is 0 Å². The van der Waals surface area contributed by atoms with Gasteiger partial charge in [-0.3, -0.25) is 9.78 Å². The van der Waals surface area contributed by atoms with Crippen LogP contribution in [0, 0.1) is 6.92 Å². The second-order valence-corrected chi connectivity index (χ2v) is 4.73. The molecule has 0 aliphatic heterocycles. The molecule has 18 heavy (non-hydrogen) atoms. The summed E-state index contributed by atoms with van der Waals surface area (Å²) in [5.41, 5.74) is 2.05. The molecule has 0 spiro atoms. The molecule has 2 heterocycles. The largest absolute Gasteiger partial charge is 0.345 e. The third kappa shape index (κ3) is 3.37. The third-order valence-corrected chi connectivity index (χ3v) is 2.81. The molecule has 0 fully saturated rings. The molecule has 1 amide bonds. The maximum Gasteiger partial charge on any atom is 0.270 e. The SMILES string of the molecule is Cc1cccc(C(=O)NCc2ccc(Br)cn2)n1. The number of nitrogens with one attached hydrogen (secondary N) is 1. The number of nitrogens with zero attached hydrogens (tertiary/aromatic N) is 2. The van der Waals surface area contributed by atoms with Gasteiger partial charge in [-0.15, -0.1) is 0 Å². The van der Waals surface area contributed by atoms with E-state index in [2.05, 4.69) is 31.2 Å². The first-order chi connectivity index (χ1) is 8.65. The zero-order chi connectivity index (χ0) is 13.0. The van der Waals surface area contributed by atoms with Crippen LogP contribution in [0.5, 0.6) is 0 Å². The maximum absolute atomic E-state index is 11.8. The smallest absolute Gasteiger partial charge is 0.270 e. The second kappa shape index (κ2) is 5.73. The van der Waals surface area contributed by atoms with Crippen molar-refractivity contribution in [2.24, 2.45) is 0 Å². The van der Waals surface area contributed by atoms with Gasteiger partial charge in [0.1, 0.15) is 5.69 Å². The summed E-state index contributed by atoms with van der Waals surface area (Å²) in [6.07, 6.45) is 1.70. The number of rotatable bonds is 3. The molecule has 0 saturated carbocycles. The summed E-state index contributed by atoms with van der Waals surface area (Å²) in [6.45, 7) is 2.24. The van der Waals surface area contributed by atoms with Gasteiger partial charge in [0.15, 0.2) is 0 Å². The fourth-order valence-electron chi connectivity index (χ4n) is 1.44. The van der Waals surface area contributed by atoms with E-state index in [1.807, 2.05) is 31.2 Å². The van der Waals surface area contributed by atoms with Crippen molar-refractivity contribution < 1.29 is 4.79 Å². The molecule has 4 nitrogen and oxygen atoms in total. The first-order valence-electron chi connectivity index (χ1n) is 5.47. The number of halogens is 1. The molecule has 0 atom stereocenters. The predicted molar refractivity (Wildman–Crippen MR) is 72.1 cm³/mol. The van der Waals surface area contributed by atoms with E-state index < -0.39 is 0 Å². The Labute approximate surface area is 114 Å². The van der Waals surface area contributed by atoms with Gasteiger partial charge in [0, 0.05) is 16.4 Å². The molecule has 1 N–H and O–H groups in total. The van der Waals surface area contributed by atoms with Crippen LogP contribution in [0.3, 0.4) is 0 Å². The highest BCUT2D eigenvalue weighted by Crippen LogP contribution is 2.07. The number of amides is 1. The van der Waals surface area contributed by atoms with Gasteiger partial charge in [0.25, 0.3) is 5.91 Å². The summed E-state index contributed by atoms with van der Waals surface area (Å²) in [5, 5.41) is 2.78. The molecular weight excluding hydrogens is 294 g/mol. The minimum absolute atomic E-state index is 0.191. The predicted octanol–water partition coefficient (Wildman–Crippen LogP) is 2.48. The summed E-state index contributed by atoms with van der Waals surface area (Å²) in [6, 6.07) is 9.10. The quantitative estimate of drug-likeness (QED) is 0.948. The van der Waals surface area contributed by atoms with E-state index in [1.54, 1.807) is 12.3 Å². The van der Waals surface area contributed by atoms with Crippen molar-refractivity contribution in [1.82, 2.24) is 15.3 Å². The molecule has 2 aromatic heterocycles. The Kier molecular flexibility index (Phi) is 4.04. The molecule has 0 bridgehead atoms. The first-order valence-corrected chi connectivity index (χ1v) is 6.27. The highest BCUT2D eigenvalue weighted by molar-refractivity contribution is 9.10. The van der Waals surface area contributed by atoms with E-state index in [9.17, 15) is 4.79 Å². The average molecular weight is 306 g/mol. The molecule has 2 aromatic rings. The summed E-state index contributed by atoms with van der Waals surface area (Å²) in [7, 11) is 0. The summed E-state index contributed by atoms with van der Waals surface area (Å²) >= 11 is 3.31. The van der Waals surface area contributed by atoms with Crippen molar-refractivity contribution in [3.05, 3.63) is 58.1 Å². The van der Waals surface area contributed by atoms with Gasteiger partial charge in [-0.25, -0.2) is 4.98 Å². The lowest BCUT2D eigenvalue weighted by atomic mass is 10.3. The van der Waals surface area contributed by atoms with Crippen molar-refractivity contribution in [3.63, 3.8) is 0 Å². The molecule has 5 heteroatoms. The minimum atomic E-state index is -0.191. The van der Waals surface area contributed by atoms with Crippen molar-refractivity contribution in [2.75, 3.05) is 0 Å². The van der Waals surface area contributed by atoms with Crippen LogP contribution in [-0.4, -0.2) is 15.9 Å². The fourth-order valence-corrected chi connectivity index (χ4v) is 1.68. The molecule has 0 unspecified atom stereocenters. The lowest BCUT2D eigenvalue weighted by molar-refractivity contribution is 0.0945. The lowest BCUT2D eigenvalue weighted by Crippen LogP contribution is -2.24. The zero-order valence-electron chi connectivity index (χ0n) is 9.85. The van der Waals surface area contributed by atoms with Crippen LogP contribution in [0.1, 0.15) is 21.9 Å². The Bertz CT molecular complexity index is 554. The molecule has 0 saturated heterocycles. The first kappa shape index (κ1) is 12.7. The molecule has 0 aliphatic rings. The normalized spacial score (nSPS) is 10.1. The number of pyridine rings is 2. The number of carbonyl (C=O) groups is 1. The van der Waals surface area contributed by atoms with Gasteiger partial charge in [-0.2, -0.15) is 0 Å². The van der Waals surface area contributed by atoms with E-state index in [4.69, 9.17) is 0 Å². The van der Waals surface area contributed by atoms with Crippen molar-refractivity contribution in [3.8, 4) is 0 Å². The van der Waals surface area contributed by atoms with E-state index in [0.717, 1.165) is 15.9 Å². The lowest BCUT2D eigenvalue weighted by Gasteiger charge is -2.04.